The predicted octanol–water partition coefficient (Wildman–Crippen LogP) is 3.71. The maximum Gasteiger partial charge on any atom is 0.263 e. The molecule has 1 amide bonds. The summed E-state index contributed by atoms with van der Waals surface area (Å²) in [5.74, 6) is 0.795. The van der Waals surface area contributed by atoms with Gasteiger partial charge in [0.2, 0.25) is 0 Å². The standard InChI is InChI=1S/C20H16N4O2/c21-12-15-6-8-16(9-7-15)23-17-10-11-19(22-13-17)24-20(25)14-26-18-4-2-1-3-5-18/h1-11,13,23H,14H2,(H,22,24,25). The second kappa shape index (κ2) is 8.31. The van der Waals surface area contributed by atoms with Crippen molar-refractivity contribution in [1.29, 1.82) is 5.26 Å². The number of hydrogen-bond acceptors (Lipinski definition) is 5. The summed E-state index contributed by atoms with van der Waals surface area (Å²) in [6, 6.07) is 21.8. The summed E-state index contributed by atoms with van der Waals surface area (Å²) in [5.41, 5.74) is 2.22. The normalized spacial score (nSPS) is 9.81. The second-order valence-electron chi connectivity index (χ2n) is 5.40. The van der Waals surface area contributed by atoms with Crippen molar-refractivity contribution in [2.24, 2.45) is 0 Å². The van der Waals surface area contributed by atoms with Gasteiger partial charge in [-0.2, -0.15) is 5.26 Å². The number of ether oxygens (including phenoxy) is 1. The quantitative estimate of drug-likeness (QED) is 0.712. The molecule has 0 aliphatic heterocycles. The molecule has 0 spiro atoms. The number of amides is 1. The zero-order valence-corrected chi connectivity index (χ0v) is 13.8. The van der Waals surface area contributed by atoms with Gasteiger partial charge in [-0.15, -0.1) is 0 Å². The molecule has 0 atom stereocenters. The van der Waals surface area contributed by atoms with E-state index in [1.165, 1.54) is 0 Å². The third kappa shape index (κ3) is 4.82. The third-order valence-corrected chi connectivity index (χ3v) is 3.45. The minimum absolute atomic E-state index is 0.0864. The lowest BCUT2D eigenvalue weighted by molar-refractivity contribution is -0.118. The highest BCUT2D eigenvalue weighted by molar-refractivity contribution is 5.91. The van der Waals surface area contributed by atoms with Crippen molar-refractivity contribution in [2.45, 2.75) is 0 Å². The van der Waals surface area contributed by atoms with Crippen molar-refractivity contribution >= 4 is 23.1 Å². The van der Waals surface area contributed by atoms with Crippen LogP contribution in [0.2, 0.25) is 0 Å². The number of nitrogens with zero attached hydrogens (tertiary/aromatic N) is 2. The number of nitriles is 1. The molecule has 1 heterocycles. The molecule has 0 aliphatic rings. The molecule has 6 nitrogen and oxygen atoms in total. The monoisotopic (exact) mass is 344 g/mol. The van der Waals surface area contributed by atoms with E-state index >= 15 is 0 Å². The van der Waals surface area contributed by atoms with Gasteiger partial charge >= 0.3 is 0 Å². The van der Waals surface area contributed by atoms with E-state index in [0.717, 1.165) is 11.4 Å². The summed E-state index contributed by atoms with van der Waals surface area (Å²) >= 11 is 0. The maximum absolute atomic E-state index is 11.9. The molecule has 3 rings (SSSR count). The smallest absolute Gasteiger partial charge is 0.263 e. The largest absolute Gasteiger partial charge is 0.484 e. The number of hydrogen-bond donors (Lipinski definition) is 2. The summed E-state index contributed by atoms with van der Waals surface area (Å²) in [5, 5.41) is 14.7. The number of pyridine rings is 1. The maximum atomic E-state index is 11.9. The lowest BCUT2D eigenvalue weighted by Crippen LogP contribution is -2.20. The van der Waals surface area contributed by atoms with E-state index in [4.69, 9.17) is 10.00 Å². The number of benzene rings is 2. The highest BCUT2D eigenvalue weighted by atomic mass is 16.5. The second-order valence-corrected chi connectivity index (χ2v) is 5.40. The molecule has 6 heteroatoms. The van der Waals surface area contributed by atoms with Crippen molar-refractivity contribution in [3.63, 3.8) is 0 Å². The first-order valence-corrected chi connectivity index (χ1v) is 7.94. The van der Waals surface area contributed by atoms with Crippen LogP contribution in [0.15, 0.2) is 72.9 Å². The Bertz CT molecular complexity index is 901. The van der Waals surface area contributed by atoms with Gasteiger partial charge < -0.3 is 15.4 Å². The van der Waals surface area contributed by atoms with Crippen molar-refractivity contribution in [2.75, 3.05) is 17.2 Å². The van der Waals surface area contributed by atoms with Crippen LogP contribution in [0, 0.1) is 11.3 Å². The SMILES string of the molecule is N#Cc1ccc(Nc2ccc(NC(=O)COc3ccccc3)nc2)cc1. The van der Waals surface area contributed by atoms with E-state index in [0.29, 0.717) is 17.1 Å². The Hall–Kier alpha value is -3.85. The number of aromatic nitrogens is 1. The van der Waals surface area contributed by atoms with Gasteiger partial charge in [-0.25, -0.2) is 4.98 Å². The Balaban J connectivity index is 1.52. The average Bonchev–Trinajstić information content (AvgIpc) is 2.69. The lowest BCUT2D eigenvalue weighted by atomic mass is 10.2. The molecule has 0 fully saturated rings. The van der Waals surface area contributed by atoms with Crippen LogP contribution in [-0.4, -0.2) is 17.5 Å². The minimum Gasteiger partial charge on any atom is -0.484 e. The van der Waals surface area contributed by atoms with Crippen molar-refractivity contribution < 1.29 is 9.53 Å². The molecular weight excluding hydrogens is 328 g/mol. The van der Waals surface area contributed by atoms with Crippen LogP contribution in [-0.2, 0) is 4.79 Å². The Morgan fingerprint density at radius 3 is 2.38 bits per heavy atom. The summed E-state index contributed by atoms with van der Waals surface area (Å²) in [6.07, 6.45) is 1.62. The molecule has 0 saturated heterocycles. The first-order chi connectivity index (χ1) is 12.7. The Morgan fingerprint density at radius 1 is 1.00 bits per heavy atom. The molecule has 128 valence electrons. The zero-order chi connectivity index (χ0) is 18.2. The van der Waals surface area contributed by atoms with Crippen LogP contribution in [0.25, 0.3) is 0 Å². The van der Waals surface area contributed by atoms with Crippen molar-refractivity contribution in [3.8, 4) is 11.8 Å². The van der Waals surface area contributed by atoms with Crippen LogP contribution in [0.4, 0.5) is 17.2 Å². The van der Waals surface area contributed by atoms with E-state index in [-0.39, 0.29) is 12.5 Å². The van der Waals surface area contributed by atoms with Gasteiger partial charge in [0.15, 0.2) is 6.61 Å². The van der Waals surface area contributed by atoms with Gasteiger partial charge in [0, 0.05) is 5.69 Å². The van der Waals surface area contributed by atoms with Gasteiger partial charge in [0.1, 0.15) is 11.6 Å². The number of rotatable bonds is 6. The summed E-state index contributed by atoms with van der Waals surface area (Å²) in [7, 11) is 0. The molecule has 0 unspecified atom stereocenters. The van der Waals surface area contributed by atoms with Crippen LogP contribution in [0.5, 0.6) is 5.75 Å². The molecule has 0 saturated carbocycles. The summed E-state index contributed by atoms with van der Waals surface area (Å²) < 4.78 is 5.39. The van der Waals surface area contributed by atoms with Crippen LogP contribution >= 0.6 is 0 Å². The lowest BCUT2D eigenvalue weighted by Gasteiger charge is -2.09. The van der Waals surface area contributed by atoms with Crippen molar-refractivity contribution in [3.05, 3.63) is 78.5 Å². The molecule has 2 N–H and O–H groups in total. The fourth-order valence-corrected chi connectivity index (χ4v) is 2.18. The van der Waals surface area contributed by atoms with E-state index in [2.05, 4.69) is 21.7 Å². The number of carbonyl (C=O) groups excluding carboxylic acids is 1. The number of carbonyl (C=O) groups is 1. The molecule has 0 radical (unpaired) electrons. The van der Waals surface area contributed by atoms with Gasteiger partial charge in [-0.05, 0) is 48.5 Å². The van der Waals surface area contributed by atoms with E-state index in [9.17, 15) is 4.79 Å². The molecule has 0 aliphatic carbocycles. The fraction of sp³-hybridized carbons (Fsp3) is 0.0500. The Kier molecular flexibility index (Phi) is 5.43. The van der Waals surface area contributed by atoms with Gasteiger partial charge in [-0.1, -0.05) is 18.2 Å². The molecule has 3 aromatic rings. The fourth-order valence-electron chi connectivity index (χ4n) is 2.18. The Morgan fingerprint density at radius 2 is 1.73 bits per heavy atom. The van der Waals surface area contributed by atoms with Crippen LogP contribution in [0.1, 0.15) is 5.56 Å². The average molecular weight is 344 g/mol. The van der Waals surface area contributed by atoms with E-state index in [1.54, 1.807) is 42.6 Å². The van der Waals surface area contributed by atoms with Gasteiger partial charge in [0.25, 0.3) is 5.91 Å². The molecule has 0 bridgehead atoms. The predicted molar refractivity (Wildman–Crippen MR) is 99.2 cm³/mol. The van der Waals surface area contributed by atoms with Crippen LogP contribution in [0.3, 0.4) is 0 Å². The van der Waals surface area contributed by atoms with E-state index < -0.39 is 0 Å². The molecule has 2 aromatic carbocycles. The summed E-state index contributed by atoms with van der Waals surface area (Å²) in [4.78, 5) is 16.1. The third-order valence-electron chi connectivity index (χ3n) is 3.45. The Labute approximate surface area is 151 Å². The topological polar surface area (TPSA) is 87.0 Å². The highest BCUT2D eigenvalue weighted by Gasteiger charge is 2.05. The number of anilines is 3. The van der Waals surface area contributed by atoms with Crippen LogP contribution < -0.4 is 15.4 Å². The number of nitrogens with one attached hydrogen (secondary N) is 2. The minimum atomic E-state index is -0.283. The molecule has 1 aromatic heterocycles. The zero-order valence-electron chi connectivity index (χ0n) is 13.8. The molecule has 26 heavy (non-hydrogen) atoms. The van der Waals surface area contributed by atoms with Gasteiger partial charge in [0.05, 0.1) is 23.5 Å². The van der Waals surface area contributed by atoms with E-state index in [1.807, 2.05) is 30.3 Å². The summed E-state index contributed by atoms with van der Waals surface area (Å²) in [6.45, 7) is -0.0864. The first-order valence-electron chi connectivity index (χ1n) is 7.94. The van der Waals surface area contributed by atoms with Crippen molar-refractivity contribution in [1.82, 2.24) is 4.98 Å². The molecular formula is C20H16N4O2. The first kappa shape index (κ1) is 17.0. The van der Waals surface area contributed by atoms with Gasteiger partial charge in [-0.3, -0.25) is 4.79 Å². The number of para-hydroxylation sites is 1. The highest BCUT2D eigenvalue weighted by Crippen LogP contribution is 2.17.